The van der Waals surface area contributed by atoms with E-state index in [1.807, 2.05) is 30.3 Å². The summed E-state index contributed by atoms with van der Waals surface area (Å²) in [5.74, 6) is 0. The zero-order chi connectivity index (χ0) is 10.0. The zero-order valence-electron chi connectivity index (χ0n) is 8.32. The van der Waals surface area contributed by atoms with Crippen molar-refractivity contribution in [3.63, 3.8) is 0 Å². The van der Waals surface area contributed by atoms with Crippen molar-refractivity contribution in [3.05, 3.63) is 35.9 Å². The maximum Gasteiger partial charge on any atom is 0.0839 e. The normalized spacial score (nSPS) is 22.1. The SMILES string of the molecule is N[C@H](c1ccccc1)C1(O)CCCC1. The molecule has 1 aliphatic rings. The van der Waals surface area contributed by atoms with Gasteiger partial charge in [-0.15, -0.1) is 0 Å². The predicted octanol–water partition coefficient (Wildman–Crippen LogP) is 1.99. The van der Waals surface area contributed by atoms with Crippen LogP contribution in [0.2, 0.25) is 0 Å². The Morgan fingerprint density at radius 2 is 1.71 bits per heavy atom. The molecule has 0 unspecified atom stereocenters. The van der Waals surface area contributed by atoms with Gasteiger partial charge in [0.15, 0.2) is 0 Å². The minimum atomic E-state index is -0.665. The fourth-order valence-electron chi connectivity index (χ4n) is 2.27. The molecule has 0 radical (unpaired) electrons. The molecule has 14 heavy (non-hydrogen) atoms. The standard InChI is InChI=1S/C12H17NO/c13-11(10-6-2-1-3-7-10)12(14)8-4-5-9-12/h1-3,6-7,11,14H,4-5,8-9,13H2/t11-/m1/s1. The van der Waals surface area contributed by atoms with Gasteiger partial charge in [0, 0.05) is 0 Å². The van der Waals surface area contributed by atoms with Gasteiger partial charge in [0.1, 0.15) is 0 Å². The highest BCUT2D eigenvalue weighted by molar-refractivity contribution is 5.22. The van der Waals surface area contributed by atoms with Crippen LogP contribution < -0.4 is 5.73 Å². The lowest BCUT2D eigenvalue weighted by molar-refractivity contribution is 0.0203. The molecule has 0 aliphatic heterocycles. The molecule has 0 spiro atoms. The van der Waals surface area contributed by atoms with Gasteiger partial charge in [0.2, 0.25) is 0 Å². The maximum atomic E-state index is 10.3. The van der Waals surface area contributed by atoms with E-state index in [0.29, 0.717) is 0 Å². The third kappa shape index (κ3) is 1.68. The van der Waals surface area contributed by atoms with Gasteiger partial charge in [-0.05, 0) is 18.4 Å². The minimum absolute atomic E-state index is 0.230. The summed E-state index contributed by atoms with van der Waals surface area (Å²) < 4.78 is 0. The van der Waals surface area contributed by atoms with E-state index in [1.54, 1.807) is 0 Å². The van der Waals surface area contributed by atoms with Crippen LogP contribution in [-0.2, 0) is 0 Å². The summed E-state index contributed by atoms with van der Waals surface area (Å²) in [5.41, 5.74) is 6.46. The molecule has 1 fully saturated rings. The van der Waals surface area contributed by atoms with Crippen LogP contribution in [-0.4, -0.2) is 10.7 Å². The number of hydrogen-bond donors (Lipinski definition) is 2. The Balaban J connectivity index is 2.19. The second kappa shape index (κ2) is 3.71. The average Bonchev–Trinajstić information content (AvgIpc) is 2.67. The van der Waals surface area contributed by atoms with Gasteiger partial charge in [-0.3, -0.25) is 0 Å². The third-order valence-electron chi connectivity index (χ3n) is 3.21. The van der Waals surface area contributed by atoms with Crippen LogP contribution in [0.15, 0.2) is 30.3 Å². The van der Waals surface area contributed by atoms with Gasteiger partial charge >= 0.3 is 0 Å². The lowest BCUT2D eigenvalue weighted by Crippen LogP contribution is -2.38. The van der Waals surface area contributed by atoms with Gasteiger partial charge in [0.05, 0.1) is 11.6 Å². The van der Waals surface area contributed by atoms with E-state index in [1.165, 1.54) is 0 Å². The second-order valence-electron chi connectivity index (χ2n) is 4.20. The Morgan fingerprint density at radius 1 is 1.14 bits per heavy atom. The molecule has 0 aromatic heterocycles. The lowest BCUT2D eigenvalue weighted by Gasteiger charge is -2.29. The van der Waals surface area contributed by atoms with Gasteiger partial charge < -0.3 is 10.8 Å². The highest BCUT2D eigenvalue weighted by atomic mass is 16.3. The number of benzene rings is 1. The monoisotopic (exact) mass is 191 g/mol. The largest absolute Gasteiger partial charge is 0.388 e. The average molecular weight is 191 g/mol. The molecule has 2 rings (SSSR count). The molecule has 2 nitrogen and oxygen atoms in total. The number of aliphatic hydroxyl groups is 1. The Hall–Kier alpha value is -0.860. The van der Waals surface area contributed by atoms with Crippen molar-refractivity contribution in [2.45, 2.75) is 37.3 Å². The topological polar surface area (TPSA) is 46.2 Å². The van der Waals surface area contributed by atoms with Crippen molar-refractivity contribution in [2.24, 2.45) is 5.73 Å². The molecule has 0 heterocycles. The molecule has 1 atom stereocenters. The first-order valence-corrected chi connectivity index (χ1v) is 5.25. The minimum Gasteiger partial charge on any atom is -0.388 e. The summed E-state index contributed by atoms with van der Waals surface area (Å²) in [5, 5.41) is 10.3. The molecule has 2 heteroatoms. The van der Waals surface area contributed by atoms with Crippen molar-refractivity contribution in [2.75, 3.05) is 0 Å². The van der Waals surface area contributed by atoms with E-state index in [-0.39, 0.29) is 6.04 Å². The molecule has 1 saturated carbocycles. The number of nitrogens with two attached hydrogens (primary N) is 1. The molecule has 76 valence electrons. The summed E-state index contributed by atoms with van der Waals surface area (Å²) in [7, 11) is 0. The van der Waals surface area contributed by atoms with Crippen molar-refractivity contribution >= 4 is 0 Å². The Morgan fingerprint density at radius 3 is 2.29 bits per heavy atom. The summed E-state index contributed by atoms with van der Waals surface area (Å²) in [6, 6.07) is 9.64. The first-order chi connectivity index (χ1) is 6.72. The molecule has 0 saturated heterocycles. The van der Waals surface area contributed by atoms with Gasteiger partial charge in [-0.1, -0.05) is 43.2 Å². The van der Waals surface area contributed by atoms with E-state index in [0.717, 1.165) is 31.2 Å². The van der Waals surface area contributed by atoms with Crippen LogP contribution in [0.4, 0.5) is 0 Å². The van der Waals surface area contributed by atoms with Gasteiger partial charge in [-0.25, -0.2) is 0 Å². The summed E-state index contributed by atoms with van der Waals surface area (Å²) in [6.45, 7) is 0. The van der Waals surface area contributed by atoms with Crippen molar-refractivity contribution in [1.82, 2.24) is 0 Å². The van der Waals surface area contributed by atoms with Gasteiger partial charge in [-0.2, -0.15) is 0 Å². The molecule has 0 amide bonds. The van der Waals surface area contributed by atoms with Crippen LogP contribution in [0.1, 0.15) is 37.3 Å². The fourth-order valence-corrected chi connectivity index (χ4v) is 2.27. The Kier molecular flexibility index (Phi) is 2.57. The molecular weight excluding hydrogens is 174 g/mol. The quantitative estimate of drug-likeness (QED) is 0.751. The molecule has 0 bridgehead atoms. The lowest BCUT2D eigenvalue weighted by atomic mass is 9.88. The van der Waals surface area contributed by atoms with E-state index >= 15 is 0 Å². The predicted molar refractivity (Wildman–Crippen MR) is 56.8 cm³/mol. The van der Waals surface area contributed by atoms with Gasteiger partial charge in [0.25, 0.3) is 0 Å². The molecule has 1 aliphatic carbocycles. The number of rotatable bonds is 2. The molecule has 1 aromatic carbocycles. The Bertz CT molecular complexity index is 290. The van der Waals surface area contributed by atoms with Crippen molar-refractivity contribution < 1.29 is 5.11 Å². The molecular formula is C12H17NO. The number of hydrogen-bond acceptors (Lipinski definition) is 2. The zero-order valence-corrected chi connectivity index (χ0v) is 8.32. The smallest absolute Gasteiger partial charge is 0.0839 e. The summed E-state index contributed by atoms with van der Waals surface area (Å²) >= 11 is 0. The first-order valence-electron chi connectivity index (χ1n) is 5.25. The van der Waals surface area contributed by atoms with Crippen LogP contribution >= 0.6 is 0 Å². The van der Waals surface area contributed by atoms with Crippen LogP contribution in [0.3, 0.4) is 0 Å². The highest BCUT2D eigenvalue weighted by Gasteiger charge is 2.37. The molecule has 3 N–H and O–H groups in total. The van der Waals surface area contributed by atoms with Crippen LogP contribution in [0, 0.1) is 0 Å². The maximum absolute atomic E-state index is 10.3. The third-order valence-corrected chi connectivity index (χ3v) is 3.21. The van der Waals surface area contributed by atoms with Crippen molar-refractivity contribution in [3.8, 4) is 0 Å². The van der Waals surface area contributed by atoms with E-state index in [9.17, 15) is 5.11 Å². The Labute approximate surface area is 84.7 Å². The molecule has 1 aromatic rings. The first kappa shape index (κ1) is 9.69. The van der Waals surface area contributed by atoms with E-state index in [4.69, 9.17) is 5.73 Å². The fraction of sp³-hybridized carbons (Fsp3) is 0.500. The van der Waals surface area contributed by atoms with E-state index < -0.39 is 5.60 Å². The summed E-state index contributed by atoms with van der Waals surface area (Å²) in [4.78, 5) is 0. The summed E-state index contributed by atoms with van der Waals surface area (Å²) in [6.07, 6.45) is 3.86. The highest BCUT2D eigenvalue weighted by Crippen LogP contribution is 2.38. The van der Waals surface area contributed by atoms with Crippen LogP contribution in [0.5, 0.6) is 0 Å². The van der Waals surface area contributed by atoms with Crippen molar-refractivity contribution in [1.29, 1.82) is 0 Å². The van der Waals surface area contributed by atoms with E-state index in [2.05, 4.69) is 0 Å². The van der Waals surface area contributed by atoms with Crippen LogP contribution in [0.25, 0.3) is 0 Å². The second-order valence-corrected chi connectivity index (χ2v) is 4.20.